The summed E-state index contributed by atoms with van der Waals surface area (Å²) in [7, 11) is 0. The number of aryl methyl sites for hydroxylation is 1. The number of aromatic nitrogens is 2. The van der Waals surface area contributed by atoms with Crippen LogP contribution in [0.2, 0.25) is 0 Å². The molecule has 1 N–H and O–H groups in total. The zero-order chi connectivity index (χ0) is 12.0. The lowest BCUT2D eigenvalue weighted by atomic mass is 10.4. The van der Waals surface area contributed by atoms with Crippen molar-refractivity contribution in [2.24, 2.45) is 0 Å². The van der Waals surface area contributed by atoms with Crippen LogP contribution in [0.5, 0.6) is 0 Å². The van der Waals surface area contributed by atoms with Gasteiger partial charge in [-0.05, 0) is 25.4 Å². The molecule has 0 aliphatic heterocycles. The monoisotopic (exact) mass is 262 g/mol. The van der Waals surface area contributed by atoms with E-state index >= 15 is 0 Å². The van der Waals surface area contributed by atoms with Crippen LogP contribution in [-0.2, 0) is 11.2 Å². The Morgan fingerprint density at radius 3 is 2.81 bits per heavy atom. The van der Waals surface area contributed by atoms with E-state index in [-0.39, 0.29) is 6.10 Å². The van der Waals surface area contributed by atoms with Crippen LogP contribution in [0.25, 0.3) is 0 Å². The van der Waals surface area contributed by atoms with Gasteiger partial charge in [0.25, 0.3) is 0 Å². The third-order valence-corrected chi connectivity index (χ3v) is 3.80. The Hall–Kier alpha value is -0.170. The summed E-state index contributed by atoms with van der Waals surface area (Å²) in [6.45, 7) is 6.32. The minimum Gasteiger partial charge on any atom is -0.390 e. The Morgan fingerprint density at radius 1 is 1.50 bits per heavy atom. The van der Waals surface area contributed by atoms with Gasteiger partial charge < -0.3 is 9.84 Å². The van der Waals surface area contributed by atoms with Crippen molar-refractivity contribution < 1.29 is 9.84 Å². The summed E-state index contributed by atoms with van der Waals surface area (Å²) in [6, 6.07) is 0. The van der Waals surface area contributed by atoms with Crippen LogP contribution in [-0.4, -0.2) is 39.0 Å². The first-order chi connectivity index (χ1) is 7.61. The number of hydrogen-bond acceptors (Lipinski definition) is 6. The molecule has 0 amide bonds. The number of nitrogens with zero attached hydrogens (tertiary/aromatic N) is 2. The first-order valence-corrected chi connectivity index (χ1v) is 7.12. The molecule has 0 aliphatic carbocycles. The quantitative estimate of drug-likeness (QED) is 0.761. The molecule has 0 bridgehead atoms. The maximum absolute atomic E-state index is 9.63. The molecule has 92 valence electrons. The number of rotatable bonds is 7. The molecular weight excluding hydrogens is 244 g/mol. The summed E-state index contributed by atoms with van der Waals surface area (Å²) >= 11 is 2.92. The standard InChI is InChI=1S/C10H18N2O2S2/c1-4-9-11-10(16-12-9)15-6-8(13)5-14-7(2)3/h7-8,13H,4-6H2,1-3H3. The van der Waals surface area contributed by atoms with E-state index in [2.05, 4.69) is 9.36 Å². The average Bonchev–Trinajstić information content (AvgIpc) is 2.71. The van der Waals surface area contributed by atoms with Gasteiger partial charge in [-0.2, -0.15) is 4.37 Å². The number of ether oxygens (including phenoxy) is 1. The molecule has 1 aromatic heterocycles. The van der Waals surface area contributed by atoms with E-state index < -0.39 is 6.10 Å². The maximum Gasteiger partial charge on any atom is 0.170 e. The topological polar surface area (TPSA) is 55.2 Å². The van der Waals surface area contributed by atoms with E-state index in [1.165, 1.54) is 23.3 Å². The zero-order valence-electron chi connectivity index (χ0n) is 9.84. The van der Waals surface area contributed by atoms with Gasteiger partial charge in [0.1, 0.15) is 5.82 Å². The van der Waals surface area contributed by atoms with Gasteiger partial charge in [0, 0.05) is 12.2 Å². The van der Waals surface area contributed by atoms with Gasteiger partial charge in [-0.3, -0.25) is 0 Å². The smallest absolute Gasteiger partial charge is 0.170 e. The average molecular weight is 262 g/mol. The van der Waals surface area contributed by atoms with Crippen LogP contribution in [0.1, 0.15) is 26.6 Å². The second-order valence-electron chi connectivity index (χ2n) is 3.68. The first-order valence-electron chi connectivity index (χ1n) is 5.36. The lowest BCUT2D eigenvalue weighted by molar-refractivity contribution is 0.0152. The summed E-state index contributed by atoms with van der Waals surface area (Å²) in [5.74, 6) is 1.48. The Bertz CT molecular complexity index is 305. The van der Waals surface area contributed by atoms with Crippen LogP contribution < -0.4 is 0 Å². The molecule has 4 nitrogen and oxygen atoms in total. The molecule has 1 aromatic rings. The number of aliphatic hydroxyl groups excluding tert-OH is 1. The fraction of sp³-hybridized carbons (Fsp3) is 0.800. The highest BCUT2D eigenvalue weighted by atomic mass is 32.2. The molecule has 0 spiro atoms. The number of aliphatic hydroxyl groups is 1. The van der Waals surface area contributed by atoms with Gasteiger partial charge in [0.05, 0.1) is 18.8 Å². The van der Waals surface area contributed by atoms with Crippen molar-refractivity contribution in [3.63, 3.8) is 0 Å². The van der Waals surface area contributed by atoms with Crippen molar-refractivity contribution in [1.82, 2.24) is 9.36 Å². The van der Waals surface area contributed by atoms with E-state index in [1.807, 2.05) is 20.8 Å². The van der Waals surface area contributed by atoms with Crippen molar-refractivity contribution in [1.29, 1.82) is 0 Å². The molecule has 16 heavy (non-hydrogen) atoms. The summed E-state index contributed by atoms with van der Waals surface area (Å²) in [5.41, 5.74) is 0. The molecule has 0 radical (unpaired) electrons. The molecule has 1 heterocycles. The van der Waals surface area contributed by atoms with Crippen LogP contribution in [0.3, 0.4) is 0 Å². The molecule has 1 rings (SSSR count). The van der Waals surface area contributed by atoms with Crippen molar-refractivity contribution in [3.05, 3.63) is 5.82 Å². The third kappa shape index (κ3) is 5.25. The molecule has 0 aliphatic rings. The van der Waals surface area contributed by atoms with E-state index in [1.54, 1.807) is 0 Å². The predicted molar refractivity (Wildman–Crippen MR) is 67.1 cm³/mol. The van der Waals surface area contributed by atoms with Crippen molar-refractivity contribution in [3.8, 4) is 0 Å². The maximum atomic E-state index is 9.63. The van der Waals surface area contributed by atoms with E-state index in [4.69, 9.17) is 4.74 Å². The molecule has 1 unspecified atom stereocenters. The summed E-state index contributed by atoms with van der Waals surface area (Å²) in [6.07, 6.45) is 0.574. The van der Waals surface area contributed by atoms with Gasteiger partial charge in [-0.25, -0.2) is 4.98 Å². The SMILES string of the molecule is CCc1nsc(SCC(O)COC(C)C)n1. The molecule has 0 saturated heterocycles. The van der Waals surface area contributed by atoms with Crippen LogP contribution >= 0.6 is 23.3 Å². The molecule has 0 saturated carbocycles. The fourth-order valence-electron chi connectivity index (χ4n) is 0.959. The molecule has 0 fully saturated rings. The highest BCUT2D eigenvalue weighted by Gasteiger charge is 2.09. The summed E-state index contributed by atoms with van der Waals surface area (Å²) in [4.78, 5) is 4.31. The minimum atomic E-state index is -0.443. The van der Waals surface area contributed by atoms with Crippen molar-refractivity contribution >= 4 is 23.3 Å². The second kappa shape index (κ2) is 7.21. The molecule has 0 aromatic carbocycles. The lowest BCUT2D eigenvalue weighted by Crippen LogP contribution is -2.20. The number of thioether (sulfide) groups is 1. The zero-order valence-corrected chi connectivity index (χ0v) is 11.5. The van der Waals surface area contributed by atoms with Crippen molar-refractivity contribution in [2.75, 3.05) is 12.4 Å². The Balaban J connectivity index is 2.23. The Morgan fingerprint density at radius 2 is 2.25 bits per heavy atom. The highest BCUT2D eigenvalue weighted by molar-refractivity contribution is 8.00. The summed E-state index contributed by atoms with van der Waals surface area (Å²) in [5, 5.41) is 9.63. The van der Waals surface area contributed by atoms with E-state index in [0.29, 0.717) is 12.4 Å². The molecule has 1 atom stereocenters. The molecule has 6 heteroatoms. The second-order valence-corrected chi connectivity index (χ2v) is 5.70. The summed E-state index contributed by atoms with van der Waals surface area (Å²) < 4.78 is 10.4. The predicted octanol–water partition coefficient (Wildman–Crippen LogP) is 1.98. The lowest BCUT2D eigenvalue weighted by Gasteiger charge is -2.12. The largest absolute Gasteiger partial charge is 0.390 e. The third-order valence-electron chi connectivity index (χ3n) is 1.79. The van der Waals surface area contributed by atoms with Crippen LogP contribution in [0.4, 0.5) is 0 Å². The van der Waals surface area contributed by atoms with E-state index in [9.17, 15) is 5.11 Å². The first kappa shape index (κ1) is 13.9. The Kier molecular flexibility index (Phi) is 6.26. The van der Waals surface area contributed by atoms with Crippen LogP contribution in [0.15, 0.2) is 4.34 Å². The minimum absolute atomic E-state index is 0.160. The van der Waals surface area contributed by atoms with E-state index in [0.717, 1.165) is 16.6 Å². The fourth-order valence-corrected chi connectivity index (χ4v) is 2.59. The van der Waals surface area contributed by atoms with Gasteiger partial charge in [-0.15, -0.1) is 0 Å². The van der Waals surface area contributed by atoms with Gasteiger partial charge in [0.15, 0.2) is 4.34 Å². The molecular formula is C10H18N2O2S2. The highest BCUT2D eigenvalue weighted by Crippen LogP contribution is 2.21. The number of hydrogen-bond donors (Lipinski definition) is 1. The van der Waals surface area contributed by atoms with Gasteiger partial charge in [0.2, 0.25) is 0 Å². The van der Waals surface area contributed by atoms with Crippen LogP contribution in [0, 0.1) is 0 Å². The normalized spacial score (nSPS) is 13.3. The Labute approximate surface area is 105 Å². The van der Waals surface area contributed by atoms with Gasteiger partial charge in [-0.1, -0.05) is 18.7 Å². The van der Waals surface area contributed by atoms with Crippen molar-refractivity contribution in [2.45, 2.75) is 43.7 Å². The van der Waals surface area contributed by atoms with Gasteiger partial charge >= 0.3 is 0 Å².